The number of aryl methyl sites for hydroxylation is 2. The summed E-state index contributed by atoms with van der Waals surface area (Å²) in [5.74, 6) is 0.913. The Bertz CT molecular complexity index is 390. The highest BCUT2D eigenvalue weighted by Crippen LogP contribution is 2.25. The van der Waals surface area contributed by atoms with Gasteiger partial charge >= 0.3 is 0 Å². The molecule has 1 unspecified atom stereocenters. The number of nitrogens with two attached hydrogens (primary N) is 1. The second-order valence-corrected chi connectivity index (χ2v) is 4.29. The van der Waals surface area contributed by atoms with Gasteiger partial charge in [0.05, 0.1) is 6.04 Å². The Morgan fingerprint density at radius 3 is 2.86 bits per heavy atom. The number of nitrogens with zero attached hydrogens (tertiary/aromatic N) is 2. The molecule has 0 radical (unpaired) electrons. The van der Waals surface area contributed by atoms with Crippen molar-refractivity contribution in [3.05, 3.63) is 40.1 Å². The Kier molecular flexibility index (Phi) is 2.39. The number of thiophene rings is 1. The van der Waals surface area contributed by atoms with Crippen molar-refractivity contribution in [2.45, 2.75) is 13.0 Å². The van der Waals surface area contributed by atoms with Crippen molar-refractivity contribution in [1.82, 2.24) is 9.55 Å². The molecule has 74 valence electrons. The first kappa shape index (κ1) is 9.43. The van der Waals surface area contributed by atoms with Crippen LogP contribution in [-0.2, 0) is 7.05 Å². The van der Waals surface area contributed by atoms with Crippen LogP contribution >= 0.6 is 11.3 Å². The minimum absolute atomic E-state index is 0.102. The molecule has 0 spiro atoms. The minimum atomic E-state index is -0.102. The highest BCUT2D eigenvalue weighted by molar-refractivity contribution is 7.10. The van der Waals surface area contributed by atoms with Crippen LogP contribution in [0.15, 0.2) is 23.8 Å². The smallest absolute Gasteiger partial charge is 0.130 e. The van der Waals surface area contributed by atoms with Gasteiger partial charge in [-0.3, -0.25) is 0 Å². The predicted molar refractivity (Wildman–Crippen MR) is 58.3 cm³/mol. The molecule has 0 bridgehead atoms. The molecular formula is C10H13N3S. The van der Waals surface area contributed by atoms with Crippen molar-refractivity contribution in [3.63, 3.8) is 0 Å². The SMILES string of the molecule is Cc1ccsc1C(N)c1nccn1C. The normalized spacial score (nSPS) is 13.1. The van der Waals surface area contributed by atoms with Crippen LogP contribution in [0.4, 0.5) is 0 Å². The molecule has 4 heteroatoms. The summed E-state index contributed by atoms with van der Waals surface area (Å²) < 4.78 is 1.96. The van der Waals surface area contributed by atoms with Gasteiger partial charge in [0.1, 0.15) is 5.82 Å². The fourth-order valence-electron chi connectivity index (χ4n) is 1.50. The fourth-order valence-corrected chi connectivity index (χ4v) is 2.42. The molecule has 0 saturated heterocycles. The van der Waals surface area contributed by atoms with Gasteiger partial charge in [-0.1, -0.05) is 0 Å². The van der Waals surface area contributed by atoms with Crippen LogP contribution < -0.4 is 5.73 Å². The van der Waals surface area contributed by atoms with Crippen molar-refractivity contribution in [1.29, 1.82) is 0 Å². The third-order valence-corrected chi connectivity index (χ3v) is 3.42. The summed E-state index contributed by atoms with van der Waals surface area (Å²) in [6.07, 6.45) is 3.69. The molecule has 2 rings (SSSR count). The molecule has 1 atom stereocenters. The lowest BCUT2D eigenvalue weighted by atomic mass is 10.1. The summed E-state index contributed by atoms with van der Waals surface area (Å²) in [4.78, 5) is 5.45. The molecular weight excluding hydrogens is 194 g/mol. The Balaban J connectivity index is 2.38. The Labute approximate surface area is 87.2 Å². The van der Waals surface area contributed by atoms with E-state index < -0.39 is 0 Å². The molecule has 0 saturated carbocycles. The molecule has 2 N–H and O–H groups in total. The number of imidazole rings is 1. The first-order valence-corrected chi connectivity index (χ1v) is 5.35. The Hall–Kier alpha value is -1.13. The third-order valence-electron chi connectivity index (χ3n) is 2.32. The van der Waals surface area contributed by atoms with Gasteiger partial charge in [-0.25, -0.2) is 4.98 Å². The van der Waals surface area contributed by atoms with Crippen LogP contribution in [0.25, 0.3) is 0 Å². The second-order valence-electron chi connectivity index (χ2n) is 3.34. The summed E-state index contributed by atoms with van der Waals surface area (Å²) in [5, 5.41) is 2.06. The van der Waals surface area contributed by atoms with Gasteiger partial charge in [0.15, 0.2) is 0 Å². The number of hydrogen-bond acceptors (Lipinski definition) is 3. The third kappa shape index (κ3) is 1.47. The van der Waals surface area contributed by atoms with Crippen LogP contribution in [0.1, 0.15) is 22.3 Å². The molecule has 0 aliphatic rings. The zero-order valence-corrected chi connectivity index (χ0v) is 9.08. The topological polar surface area (TPSA) is 43.8 Å². The first-order chi connectivity index (χ1) is 6.70. The predicted octanol–water partition coefficient (Wildman–Crippen LogP) is 1.84. The second kappa shape index (κ2) is 3.55. The molecule has 0 aliphatic carbocycles. The molecule has 14 heavy (non-hydrogen) atoms. The van der Waals surface area contributed by atoms with E-state index in [1.165, 1.54) is 10.4 Å². The lowest BCUT2D eigenvalue weighted by Crippen LogP contribution is -2.16. The molecule has 0 aliphatic heterocycles. The van der Waals surface area contributed by atoms with E-state index in [1.54, 1.807) is 17.5 Å². The minimum Gasteiger partial charge on any atom is -0.336 e. The van der Waals surface area contributed by atoms with Gasteiger partial charge in [-0.05, 0) is 23.9 Å². The van der Waals surface area contributed by atoms with Gasteiger partial charge in [0, 0.05) is 24.3 Å². The van der Waals surface area contributed by atoms with E-state index in [0.29, 0.717) is 0 Å². The fraction of sp³-hybridized carbons (Fsp3) is 0.300. The molecule has 2 aromatic heterocycles. The summed E-state index contributed by atoms with van der Waals surface area (Å²) in [5.41, 5.74) is 7.38. The van der Waals surface area contributed by atoms with Crippen LogP contribution in [-0.4, -0.2) is 9.55 Å². The van der Waals surface area contributed by atoms with E-state index in [1.807, 2.05) is 17.8 Å². The standard InChI is InChI=1S/C10H13N3S/c1-7-3-6-14-9(7)8(11)10-12-4-5-13(10)2/h3-6,8H,11H2,1-2H3. The largest absolute Gasteiger partial charge is 0.336 e. The monoisotopic (exact) mass is 207 g/mol. The number of rotatable bonds is 2. The van der Waals surface area contributed by atoms with Crippen molar-refractivity contribution in [2.24, 2.45) is 12.8 Å². The molecule has 3 nitrogen and oxygen atoms in total. The molecule has 2 aromatic rings. The van der Waals surface area contributed by atoms with E-state index >= 15 is 0 Å². The molecule has 2 heterocycles. The average molecular weight is 207 g/mol. The summed E-state index contributed by atoms with van der Waals surface area (Å²) >= 11 is 1.69. The van der Waals surface area contributed by atoms with Gasteiger partial charge in [-0.2, -0.15) is 0 Å². The van der Waals surface area contributed by atoms with Gasteiger partial charge in [0.2, 0.25) is 0 Å². The van der Waals surface area contributed by atoms with Crippen molar-refractivity contribution in [2.75, 3.05) is 0 Å². The Morgan fingerprint density at radius 2 is 2.36 bits per heavy atom. The summed E-state index contributed by atoms with van der Waals surface area (Å²) in [6.45, 7) is 2.08. The van der Waals surface area contributed by atoms with Crippen LogP contribution in [0.5, 0.6) is 0 Å². The van der Waals surface area contributed by atoms with Gasteiger partial charge < -0.3 is 10.3 Å². The Morgan fingerprint density at radius 1 is 1.57 bits per heavy atom. The lowest BCUT2D eigenvalue weighted by Gasteiger charge is -2.10. The first-order valence-electron chi connectivity index (χ1n) is 4.47. The van der Waals surface area contributed by atoms with Gasteiger partial charge in [0.25, 0.3) is 0 Å². The van der Waals surface area contributed by atoms with E-state index in [2.05, 4.69) is 23.4 Å². The number of aromatic nitrogens is 2. The zero-order valence-electron chi connectivity index (χ0n) is 8.27. The summed E-state index contributed by atoms with van der Waals surface area (Å²) in [6, 6.07) is 1.98. The van der Waals surface area contributed by atoms with Crippen molar-refractivity contribution >= 4 is 11.3 Å². The number of hydrogen-bond donors (Lipinski definition) is 1. The van der Waals surface area contributed by atoms with Crippen LogP contribution in [0.2, 0.25) is 0 Å². The highest BCUT2D eigenvalue weighted by Gasteiger charge is 2.16. The maximum absolute atomic E-state index is 6.13. The van der Waals surface area contributed by atoms with E-state index in [0.717, 1.165) is 5.82 Å². The van der Waals surface area contributed by atoms with E-state index in [4.69, 9.17) is 5.73 Å². The highest BCUT2D eigenvalue weighted by atomic mass is 32.1. The van der Waals surface area contributed by atoms with Gasteiger partial charge in [-0.15, -0.1) is 11.3 Å². The van der Waals surface area contributed by atoms with Crippen LogP contribution in [0, 0.1) is 6.92 Å². The quantitative estimate of drug-likeness (QED) is 0.816. The lowest BCUT2D eigenvalue weighted by molar-refractivity contribution is 0.723. The van der Waals surface area contributed by atoms with E-state index in [9.17, 15) is 0 Å². The molecule has 0 aromatic carbocycles. The molecule has 0 amide bonds. The maximum Gasteiger partial charge on any atom is 0.130 e. The van der Waals surface area contributed by atoms with Crippen molar-refractivity contribution < 1.29 is 0 Å². The van der Waals surface area contributed by atoms with E-state index in [-0.39, 0.29) is 6.04 Å². The van der Waals surface area contributed by atoms with Crippen LogP contribution in [0.3, 0.4) is 0 Å². The summed E-state index contributed by atoms with van der Waals surface area (Å²) in [7, 11) is 1.96. The average Bonchev–Trinajstić information content (AvgIpc) is 2.73. The molecule has 0 fully saturated rings. The maximum atomic E-state index is 6.13. The van der Waals surface area contributed by atoms with Crippen molar-refractivity contribution in [3.8, 4) is 0 Å². The zero-order chi connectivity index (χ0) is 10.1.